The van der Waals surface area contributed by atoms with Crippen LogP contribution in [0.5, 0.6) is 0 Å². The first-order valence-electron chi connectivity index (χ1n) is 6.83. The summed E-state index contributed by atoms with van der Waals surface area (Å²) in [7, 11) is 0. The molecule has 0 aromatic carbocycles. The molecule has 2 N–H and O–H groups in total. The highest BCUT2D eigenvalue weighted by Gasteiger charge is 2.12. The molecule has 1 saturated heterocycles. The van der Waals surface area contributed by atoms with Crippen LogP contribution in [0.25, 0.3) is 0 Å². The van der Waals surface area contributed by atoms with Crippen LogP contribution in [0.3, 0.4) is 0 Å². The monoisotopic (exact) mass is 263 g/mol. The number of carbonyl (C=O) groups is 1. The minimum Gasteiger partial charge on any atom is -0.376 e. The van der Waals surface area contributed by atoms with E-state index in [9.17, 15) is 4.79 Å². The van der Waals surface area contributed by atoms with Crippen LogP contribution in [0.1, 0.15) is 18.5 Å². The van der Waals surface area contributed by atoms with E-state index in [0.29, 0.717) is 25.7 Å². The first kappa shape index (κ1) is 14.0. The van der Waals surface area contributed by atoms with Crippen LogP contribution in [0, 0.1) is 0 Å². The number of ether oxygens (including phenoxy) is 1. The molecule has 0 spiro atoms. The van der Waals surface area contributed by atoms with Crippen molar-refractivity contribution in [1.29, 1.82) is 0 Å². The molecule has 0 atom stereocenters. The lowest BCUT2D eigenvalue weighted by atomic mass is 10.1. The summed E-state index contributed by atoms with van der Waals surface area (Å²) in [5, 5.41) is 6.15. The zero-order chi connectivity index (χ0) is 13.3. The number of pyridine rings is 1. The number of aromatic nitrogens is 1. The van der Waals surface area contributed by atoms with Gasteiger partial charge in [0.1, 0.15) is 0 Å². The first-order valence-corrected chi connectivity index (χ1v) is 6.83. The molecule has 1 aromatic heterocycles. The van der Waals surface area contributed by atoms with Gasteiger partial charge in [0, 0.05) is 18.4 Å². The Morgan fingerprint density at radius 1 is 1.42 bits per heavy atom. The normalized spacial score (nSPS) is 16.2. The molecule has 1 aromatic rings. The Hall–Kier alpha value is -1.46. The number of piperidine rings is 1. The van der Waals surface area contributed by atoms with Crippen LogP contribution < -0.4 is 10.6 Å². The number of nitrogens with one attached hydrogen (secondary N) is 2. The quantitative estimate of drug-likeness (QED) is 0.734. The largest absolute Gasteiger partial charge is 0.376 e. The molecule has 5 heteroatoms. The zero-order valence-corrected chi connectivity index (χ0v) is 11.1. The lowest BCUT2D eigenvalue weighted by Crippen LogP contribution is -2.35. The van der Waals surface area contributed by atoms with Crippen molar-refractivity contribution in [3.05, 3.63) is 30.1 Å². The second kappa shape index (κ2) is 7.86. The van der Waals surface area contributed by atoms with E-state index < -0.39 is 0 Å². The number of amides is 1. The summed E-state index contributed by atoms with van der Waals surface area (Å²) in [6.45, 7) is 3.20. The van der Waals surface area contributed by atoms with E-state index in [1.165, 1.54) is 0 Å². The van der Waals surface area contributed by atoms with Crippen molar-refractivity contribution in [3.63, 3.8) is 0 Å². The summed E-state index contributed by atoms with van der Waals surface area (Å²) < 4.78 is 5.71. The Morgan fingerprint density at radius 3 is 3.00 bits per heavy atom. The van der Waals surface area contributed by atoms with E-state index in [0.717, 1.165) is 31.6 Å². The number of rotatable bonds is 6. The van der Waals surface area contributed by atoms with E-state index in [1.807, 2.05) is 18.2 Å². The molecular weight excluding hydrogens is 242 g/mol. The predicted molar refractivity (Wildman–Crippen MR) is 72.8 cm³/mol. The highest BCUT2D eigenvalue weighted by molar-refractivity contribution is 5.77. The first-order chi connectivity index (χ1) is 9.34. The van der Waals surface area contributed by atoms with Gasteiger partial charge in [0.15, 0.2) is 0 Å². The van der Waals surface area contributed by atoms with Gasteiger partial charge in [0.25, 0.3) is 0 Å². The molecule has 1 amide bonds. The maximum atomic E-state index is 11.6. The van der Waals surface area contributed by atoms with Crippen molar-refractivity contribution in [3.8, 4) is 0 Å². The van der Waals surface area contributed by atoms with Gasteiger partial charge >= 0.3 is 0 Å². The molecule has 0 aliphatic carbocycles. The second-order valence-electron chi connectivity index (χ2n) is 4.67. The Bertz CT molecular complexity index is 378. The van der Waals surface area contributed by atoms with E-state index in [1.54, 1.807) is 6.20 Å². The van der Waals surface area contributed by atoms with Crippen LogP contribution in [-0.4, -0.2) is 43.2 Å². The van der Waals surface area contributed by atoms with Gasteiger partial charge in [-0.05, 0) is 38.1 Å². The van der Waals surface area contributed by atoms with Crippen LogP contribution in [0.15, 0.2) is 24.4 Å². The topological polar surface area (TPSA) is 63.2 Å². The van der Waals surface area contributed by atoms with Gasteiger partial charge in [0.2, 0.25) is 5.91 Å². The van der Waals surface area contributed by atoms with Crippen LogP contribution in [0.2, 0.25) is 0 Å². The van der Waals surface area contributed by atoms with Crippen molar-refractivity contribution < 1.29 is 9.53 Å². The van der Waals surface area contributed by atoms with Gasteiger partial charge in [-0.15, -0.1) is 0 Å². The lowest BCUT2D eigenvalue weighted by Gasteiger charge is -2.22. The minimum absolute atomic E-state index is 0.00684. The predicted octanol–water partition coefficient (Wildman–Crippen LogP) is 0.509. The molecule has 2 heterocycles. The van der Waals surface area contributed by atoms with E-state index in [4.69, 9.17) is 4.74 Å². The molecule has 0 bridgehead atoms. The maximum absolute atomic E-state index is 11.6. The molecule has 1 aliphatic heterocycles. The standard InChI is InChI=1S/C14H21N3O2/c18-14(11-12-3-1-2-6-16-12)17-9-10-19-13-4-7-15-8-5-13/h1-3,6,13,15H,4-5,7-11H2,(H,17,18). The number of nitrogens with zero attached hydrogens (tertiary/aromatic N) is 1. The summed E-state index contributed by atoms with van der Waals surface area (Å²) in [4.78, 5) is 15.8. The zero-order valence-electron chi connectivity index (χ0n) is 11.1. The van der Waals surface area contributed by atoms with Gasteiger partial charge in [-0.1, -0.05) is 6.07 Å². The molecule has 104 valence electrons. The smallest absolute Gasteiger partial charge is 0.226 e. The van der Waals surface area contributed by atoms with Gasteiger partial charge in [-0.2, -0.15) is 0 Å². The summed E-state index contributed by atoms with van der Waals surface area (Å²) >= 11 is 0. The van der Waals surface area contributed by atoms with Crippen LogP contribution in [-0.2, 0) is 16.0 Å². The van der Waals surface area contributed by atoms with Crippen molar-refractivity contribution >= 4 is 5.91 Å². The van der Waals surface area contributed by atoms with Gasteiger partial charge in [-0.3, -0.25) is 9.78 Å². The fourth-order valence-corrected chi connectivity index (χ4v) is 2.11. The summed E-state index contributed by atoms with van der Waals surface area (Å²) in [6.07, 6.45) is 4.48. The third-order valence-corrected chi connectivity index (χ3v) is 3.13. The average Bonchev–Trinajstić information content (AvgIpc) is 2.46. The Labute approximate surface area is 113 Å². The van der Waals surface area contributed by atoms with Gasteiger partial charge in [0.05, 0.1) is 19.1 Å². The van der Waals surface area contributed by atoms with E-state index in [-0.39, 0.29) is 5.91 Å². The third-order valence-electron chi connectivity index (χ3n) is 3.13. The molecule has 0 unspecified atom stereocenters. The maximum Gasteiger partial charge on any atom is 0.226 e. The SMILES string of the molecule is O=C(Cc1ccccn1)NCCOC1CCNCC1. The van der Waals surface area contributed by atoms with Crippen LogP contribution in [0.4, 0.5) is 0 Å². The number of hydrogen-bond donors (Lipinski definition) is 2. The Balaban J connectivity index is 1.56. The summed E-state index contributed by atoms with van der Waals surface area (Å²) in [5.41, 5.74) is 0.791. The highest BCUT2D eigenvalue weighted by Crippen LogP contribution is 2.06. The van der Waals surface area contributed by atoms with Crippen LogP contribution >= 0.6 is 0 Å². The molecule has 1 fully saturated rings. The van der Waals surface area contributed by atoms with Gasteiger partial charge < -0.3 is 15.4 Å². The van der Waals surface area contributed by atoms with Crippen molar-refractivity contribution in [1.82, 2.24) is 15.6 Å². The van der Waals surface area contributed by atoms with Crippen molar-refractivity contribution in [2.45, 2.75) is 25.4 Å². The lowest BCUT2D eigenvalue weighted by molar-refractivity contribution is -0.120. The molecule has 1 aliphatic rings. The Kier molecular flexibility index (Phi) is 5.78. The Morgan fingerprint density at radius 2 is 2.26 bits per heavy atom. The fraction of sp³-hybridized carbons (Fsp3) is 0.571. The number of hydrogen-bond acceptors (Lipinski definition) is 4. The summed E-state index contributed by atoms with van der Waals surface area (Å²) in [5.74, 6) is -0.00684. The highest BCUT2D eigenvalue weighted by atomic mass is 16.5. The molecule has 2 rings (SSSR count). The molecule has 5 nitrogen and oxygen atoms in total. The van der Waals surface area contributed by atoms with Crippen molar-refractivity contribution in [2.24, 2.45) is 0 Å². The third kappa shape index (κ3) is 5.36. The fourth-order valence-electron chi connectivity index (χ4n) is 2.11. The second-order valence-corrected chi connectivity index (χ2v) is 4.67. The van der Waals surface area contributed by atoms with E-state index >= 15 is 0 Å². The van der Waals surface area contributed by atoms with Gasteiger partial charge in [-0.25, -0.2) is 0 Å². The minimum atomic E-state index is -0.00684. The van der Waals surface area contributed by atoms with Crippen molar-refractivity contribution in [2.75, 3.05) is 26.2 Å². The molecule has 0 saturated carbocycles. The molecule has 0 radical (unpaired) electrons. The molecule has 19 heavy (non-hydrogen) atoms. The average molecular weight is 263 g/mol. The summed E-state index contributed by atoms with van der Waals surface area (Å²) in [6, 6.07) is 5.58. The van der Waals surface area contributed by atoms with E-state index in [2.05, 4.69) is 15.6 Å². The number of carbonyl (C=O) groups excluding carboxylic acids is 1. The molecular formula is C14H21N3O2.